The number of hydrogen-bond donors (Lipinski definition) is 0. The van der Waals surface area contributed by atoms with Gasteiger partial charge in [-0.1, -0.05) is 22.0 Å². The minimum atomic E-state index is 0.844. The minimum absolute atomic E-state index is 0.844. The molecule has 0 amide bonds. The van der Waals surface area contributed by atoms with Crippen LogP contribution in [-0.2, 0) is 13.6 Å². The Morgan fingerprint density at radius 2 is 2.18 bits per heavy atom. The predicted octanol–water partition coefficient (Wildman–Crippen LogP) is 3.19. The molecule has 0 aliphatic heterocycles. The summed E-state index contributed by atoms with van der Waals surface area (Å²) in [7, 11) is 2.02. The van der Waals surface area contributed by atoms with Crippen LogP contribution >= 0.6 is 15.9 Å². The Labute approximate surface area is 108 Å². The molecule has 3 nitrogen and oxygen atoms in total. The molecule has 3 rings (SSSR count). The van der Waals surface area contributed by atoms with Crippen molar-refractivity contribution in [2.75, 3.05) is 0 Å². The van der Waals surface area contributed by atoms with Gasteiger partial charge < -0.3 is 9.13 Å². The molecule has 0 radical (unpaired) electrons. The lowest BCUT2D eigenvalue weighted by atomic mass is 10.2. The molecule has 0 atom stereocenters. The molecule has 17 heavy (non-hydrogen) atoms. The lowest BCUT2D eigenvalue weighted by Crippen LogP contribution is -2.02. The number of aryl methyl sites for hydroxylation is 1. The smallest absolute Gasteiger partial charge is 0.0946 e. The van der Waals surface area contributed by atoms with Crippen LogP contribution in [-0.4, -0.2) is 14.1 Å². The van der Waals surface area contributed by atoms with E-state index in [1.54, 1.807) is 0 Å². The summed E-state index contributed by atoms with van der Waals surface area (Å²) >= 11 is 3.57. The van der Waals surface area contributed by atoms with Crippen LogP contribution in [0.4, 0.5) is 0 Å². The first-order valence-electron chi connectivity index (χ1n) is 5.44. The molecule has 0 bridgehead atoms. The molecule has 0 fully saturated rings. The van der Waals surface area contributed by atoms with Crippen molar-refractivity contribution < 1.29 is 0 Å². The number of hydrogen-bond acceptors (Lipinski definition) is 1. The fraction of sp³-hybridized carbons (Fsp3) is 0.154. The Hall–Kier alpha value is -1.55. The summed E-state index contributed by atoms with van der Waals surface area (Å²) in [5.74, 6) is 0. The predicted molar refractivity (Wildman–Crippen MR) is 71.9 cm³/mol. The molecule has 0 spiro atoms. The zero-order valence-corrected chi connectivity index (χ0v) is 11.1. The molecule has 86 valence electrons. The number of benzene rings is 1. The molecule has 1 aromatic carbocycles. The number of halogens is 1. The lowest BCUT2D eigenvalue weighted by molar-refractivity contribution is 0.743. The van der Waals surface area contributed by atoms with Crippen LogP contribution in [0.3, 0.4) is 0 Å². The zero-order chi connectivity index (χ0) is 11.8. The van der Waals surface area contributed by atoms with Gasteiger partial charge in [0.05, 0.1) is 18.6 Å². The van der Waals surface area contributed by atoms with Crippen LogP contribution in [0.5, 0.6) is 0 Å². The molecule has 0 saturated carbocycles. The van der Waals surface area contributed by atoms with Crippen molar-refractivity contribution in [2.45, 2.75) is 6.54 Å². The van der Waals surface area contributed by atoms with Gasteiger partial charge in [-0.3, -0.25) is 0 Å². The van der Waals surface area contributed by atoms with Crippen molar-refractivity contribution in [1.82, 2.24) is 14.1 Å². The topological polar surface area (TPSA) is 22.8 Å². The molecule has 0 aliphatic rings. The molecular formula is C13H12BrN3. The van der Waals surface area contributed by atoms with Gasteiger partial charge in [0.15, 0.2) is 0 Å². The van der Waals surface area contributed by atoms with E-state index < -0.39 is 0 Å². The number of nitrogens with zero attached hydrogens (tertiary/aromatic N) is 3. The van der Waals surface area contributed by atoms with Crippen LogP contribution in [0.2, 0.25) is 0 Å². The number of imidazole rings is 1. The Kier molecular flexibility index (Phi) is 2.52. The highest BCUT2D eigenvalue weighted by Crippen LogP contribution is 2.25. The quantitative estimate of drug-likeness (QED) is 0.710. The van der Waals surface area contributed by atoms with Crippen LogP contribution in [0.1, 0.15) is 5.69 Å². The third-order valence-electron chi connectivity index (χ3n) is 3.01. The summed E-state index contributed by atoms with van der Waals surface area (Å²) in [6, 6.07) is 8.40. The van der Waals surface area contributed by atoms with E-state index in [0.29, 0.717) is 0 Å². The van der Waals surface area contributed by atoms with Crippen LogP contribution in [0.25, 0.3) is 10.9 Å². The van der Waals surface area contributed by atoms with E-state index in [9.17, 15) is 0 Å². The number of fused-ring (bicyclic) bond motifs is 1. The molecule has 0 unspecified atom stereocenters. The van der Waals surface area contributed by atoms with E-state index in [4.69, 9.17) is 0 Å². The van der Waals surface area contributed by atoms with Crippen molar-refractivity contribution in [3.63, 3.8) is 0 Å². The maximum atomic E-state index is 4.14. The molecule has 2 aromatic heterocycles. The lowest BCUT2D eigenvalue weighted by Gasteiger charge is -2.06. The van der Waals surface area contributed by atoms with E-state index in [1.807, 2.05) is 24.1 Å². The third-order valence-corrected chi connectivity index (χ3v) is 3.70. The van der Waals surface area contributed by atoms with Gasteiger partial charge >= 0.3 is 0 Å². The average Bonchev–Trinajstić information content (AvgIpc) is 2.89. The van der Waals surface area contributed by atoms with Crippen molar-refractivity contribution in [3.8, 4) is 0 Å². The maximum Gasteiger partial charge on any atom is 0.0946 e. The molecule has 0 N–H and O–H groups in total. The monoisotopic (exact) mass is 289 g/mol. The zero-order valence-electron chi connectivity index (χ0n) is 9.47. The summed E-state index contributed by atoms with van der Waals surface area (Å²) in [4.78, 5) is 4.14. The summed E-state index contributed by atoms with van der Waals surface area (Å²) < 4.78 is 5.42. The van der Waals surface area contributed by atoms with E-state index >= 15 is 0 Å². The van der Waals surface area contributed by atoms with E-state index in [0.717, 1.165) is 11.0 Å². The highest BCUT2D eigenvalue weighted by Gasteiger charge is 2.05. The summed E-state index contributed by atoms with van der Waals surface area (Å²) in [5.41, 5.74) is 2.43. The summed E-state index contributed by atoms with van der Waals surface area (Å²) in [5, 5.41) is 1.25. The first-order valence-corrected chi connectivity index (χ1v) is 6.23. The van der Waals surface area contributed by atoms with Crippen LogP contribution in [0, 0.1) is 0 Å². The first-order chi connectivity index (χ1) is 8.25. The van der Waals surface area contributed by atoms with Gasteiger partial charge in [0.2, 0.25) is 0 Å². The van der Waals surface area contributed by atoms with Gasteiger partial charge in [-0.15, -0.1) is 0 Å². The van der Waals surface area contributed by atoms with Crippen LogP contribution in [0.15, 0.2) is 47.5 Å². The van der Waals surface area contributed by atoms with Crippen LogP contribution < -0.4 is 0 Å². The fourth-order valence-corrected chi connectivity index (χ4v) is 2.52. The van der Waals surface area contributed by atoms with Gasteiger partial charge in [0.1, 0.15) is 0 Å². The SMILES string of the molecule is Cn1cncc1Cn1ccc2c(Br)cccc21. The van der Waals surface area contributed by atoms with Gasteiger partial charge in [-0.25, -0.2) is 4.98 Å². The van der Waals surface area contributed by atoms with Crippen molar-refractivity contribution in [2.24, 2.45) is 7.05 Å². The number of aromatic nitrogens is 3. The third kappa shape index (κ3) is 1.78. The molecular weight excluding hydrogens is 278 g/mol. The normalized spacial score (nSPS) is 11.2. The second kappa shape index (κ2) is 4.04. The molecule has 4 heteroatoms. The largest absolute Gasteiger partial charge is 0.341 e. The Morgan fingerprint density at radius 3 is 2.94 bits per heavy atom. The standard InChI is InChI=1S/C13H12BrN3/c1-16-9-15-7-10(16)8-17-6-5-11-12(14)3-2-4-13(11)17/h2-7,9H,8H2,1H3. The van der Waals surface area contributed by atoms with Gasteiger partial charge in [0, 0.05) is 34.8 Å². The van der Waals surface area contributed by atoms with Gasteiger partial charge in [-0.2, -0.15) is 0 Å². The number of rotatable bonds is 2. The van der Waals surface area contributed by atoms with Crippen molar-refractivity contribution >= 4 is 26.8 Å². The van der Waals surface area contributed by atoms with Gasteiger partial charge in [-0.05, 0) is 18.2 Å². The molecule has 0 aliphatic carbocycles. The highest BCUT2D eigenvalue weighted by molar-refractivity contribution is 9.10. The maximum absolute atomic E-state index is 4.14. The first kappa shape index (κ1) is 10.6. The molecule has 0 saturated heterocycles. The van der Waals surface area contributed by atoms with E-state index in [2.05, 4.69) is 55.9 Å². The second-order valence-electron chi connectivity index (χ2n) is 4.11. The fourth-order valence-electron chi connectivity index (χ4n) is 2.04. The highest BCUT2D eigenvalue weighted by atomic mass is 79.9. The average molecular weight is 290 g/mol. The van der Waals surface area contributed by atoms with Crippen molar-refractivity contribution in [3.05, 3.63) is 53.2 Å². The van der Waals surface area contributed by atoms with E-state index in [-0.39, 0.29) is 0 Å². The Morgan fingerprint density at radius 1 is 1.29 bits per heavy atom. The van der Waals surface area contributed by atoms with Crippen molar-refractivity contribution in [1.29, 1.82) is 0 Å². The Balaban J connectivity index is 2.07. The summed E-state index contributed by atoms with van der Waals surface area (Å²) in [6.45, 7) is 0.844. The molecule has 2 heterocycles. The molecule has 3 aromatic rings. The summed E-state index contributed by atoms with van der Waals surface area (Å²) in [6.07, 6.45) is 5.85. The minimum Gasteiger partial charge on any atom is -0.341 e. The van der Waals surface area contributed by atoms with Gasteiger partial charge in [0.25, 0.3) is 0 Å². The Bertz CT molecular complexity index is 666. The second-order valence-corrected chi connectivity index (χ2v) is 4.97. The van der Waals surface area contributed by atoms with E-state index in [1.165, 1.54) is 16.6 Å².